The van der Waals surface area contributed by atoms with E-state index in [9.17, 15) is 9.47 Å². The van der Waals surface area contributed by atoms with Crippen LogP contribution in [0.15, 0.2) is 24.3 Å². The number of anilines is 4. The molecule has 4 rings (SSSR count). The Labute approximate surface area is 224 Å². The number of hydrogen-bond acceptors (Lipinski definition) is 7. The SMILES string of the molecule is CCc1c(N)c(NCc2ccc(N3CCCS3=O)cc2)nc(N2CCC(NCC(C)(C)C)CC2)c1C#N. The van der Waals surface area contributed by atoms with Crippen LogP contribution in [0.25, 0.3) is 0 Å². The summed E-state index contributed by atoms with van der Waals surface area (Å²) in [7, 11) is -0.919. The number of nitriles is 1. The van der Waals surface area contributed by atoms with Crippen LogP contribution in [0, 0.1) is 16.7 Å². The maximum atomic E-state index is 12.1. The van der Waals surface area contributed by atoms with Crippen LogP contribution in [0.5, 0.6) is 0 Å². The standard InChI is InChI=1S/C28H41N7OS/c1-5-23-24(17-29)27(34-14-11-21(12-15-34)32-19-28(2,3)4)33-26(25(23)30)31-18-20-7-9-22(10-8-20)35-13-6-16-37(35)36/h7-10,21,32H,5-6,11-16,18-19,30H2,1-4H3,(H,31,33). The van der Waals surface area contributed by atoms with Gasteiger partial charge in [-0.15, -0.1) is 0 Å². The highest BCUT2D eigenvalue weighted by Gasteiger charge is 2.26. The molecule has 8 nitrogen and oxygen atoms in total. The van der Waals surface area contributed by atoms with Crippen molar-refractivity contribution in [3.05, 3.63) is 41.0 Å². The van der Waals surface area contributed by atoms with Crippen LogP contribution in [0.3, 0.4) is 0 Å². The van der Waals surface area contributed by atoms with Crippen molar-refractivity contribution in [2.45, 2.75) is 66.0 Å². The molecule has 0 bridgehead atoms. The molecule has 2 aromatic rings. The van der Waals surface area contributed by atoms with E-state index in [0.29, 0.717) is 36.1 Å². The first-order chi connectivity index (χ1) is 17.7. The maximum absolute atomic E-state index is 12.1. The molecule has 200 valence electrons. The minimum Gasteiger partial charge on any atom is -0.395 e. The molecule has 9 heteroatoms. The van der Waals surface area contributed by atoms with Crippen molar-refractivity contribution >= 4 is 34.0 Å². The highest BCUT2D eigenvalue weighted by Crippen LogP contribution is 2.33. The first-order valence-electron chi connectivity index (χ1n) is 13.4. The molecule has 0 saturated carbocycles. The van der Waals surface area contributed by atoms with E-state index >= 15 is 0 Å². The van der Waals surface area contributed by atoms with Crippen LogP contribution in [-0.4, -0.2) is 47.2 Å². The van der Waals surface area contributed by atoms with E-state index in [0.717, 1.165) is 73.8 Å². The lowest BCUT2D eigenvalue weighted by atomic mass is 9.95. The fourth-order valence-electron chi connectivity index (χ4n) is 4.98. The Bertz CT molecular complexity index is 1150. The molecule has 0 aliphatic carbocycles. The van der Waals surface area contributed by atoms with Gasteiger partial charge >= 0.3 is 0 Å². The van der Waals surface area contributed by atoms with Gasteiger partial charge in [-0.1, -0.05) is 39.8 Å². The van der Waals surface area contributed by atoms with Gasteiger partial charge in [-0.3, -0.25) is 4.31 Å². The molecule has 0 amide bonds. The van der Waals surface area contributed by atoms with Gasteiger partial charge in [0, 0.05) is 55.8 Å². The number of nitrogens with one attached hydrogen (secondary N) is 2. The number of aromatic nitrogens is 1. The Kier molecular flexibility index (Phi) is 8.60. The molecule has 0 radical (unpaired) electrons. The summed E-state index contributed by atoms with van der Waals surface area (Å²) in [5.41, 5.74) is 10.8. The van der Waals surface area contributed by atoms with Gasteiger partial charge in [0.15, 0.2) is 5.82 Å². The van der Waals surface area contributed by atoms with E-state index in [4.69, 9.17) is 10.7 Å². The second kappa shape index (κ2) is 11.7. The van der Waals surface area contributed by atoms with Gasteiger partial charge in [-0.2, -0.15) is 5.26 Å². The molecule has 1 aromatic heterocycles. The third-order valence-electron chi connectivity index (χ3n) is 7.11. The zero-order chi connectivity index (χ0) is 26.6. The van der Waals surface area contributed by atoms with Gasteiger partial charge in [0.2, 0.25) is 0 Å². The molecule has 1 unspecified atom stereocenters. The molecule has 1 atom stereocenters. The summed E-state index contributed by atoms with van der Waals surface area (Å²) in [5.74, 6) is 2.10. The number of benzene rings is 1. The molecule has 2 aliphatic rings. The van der Waals surface area contributed by atoms with Crippen molar-refractivity contribution in [2.75, 3.05) is 52.2 Å². The van der Waals surface area contributed by atoms with Crippen molar-refractivity contribution < 1.29 is 4.21 Å². The fourth-order valence-corrected chi connectivity index (χ4v) is 6.27. The fraction of sp³-hybridized carbons (Fsp3) is 0.571. The quantitative estimate of drug-likeness (QED) is 0.476. The molecule has 37 heavy (non-hydrogen) atoms. The Balaban J connectivity index is 1.47. The summed E-state index contributed by atoms with van der Waals surface area (Å²) in [6.07, 6.45) is 3.67. The zero-order valence-corrected chi connectivity index (χ0v) is 23.5. The number of pyridine rings is 1. The second-order valence-electron chi connectivity index (χ2n) is 11.2. The summed E-state index contributed by atoms with van der Waals surface area (Å²) in [6.45, 7) is 12.9. The third-order valence-corrected chi connectivity index (χ3v) is 8.64. The van der Waals surface area contributed by atoms with E-state index in [-0.39, 0.29) is 5.41 Å². The van der Waals surface area contributed by atoms with E-state index in [2.05, 4.69) is 54.5 Å². The first kappa shape index (κ1) is 27.2. The summed E-state index contributed by atoms with van der Waals surface area (Å²) in [5, 5.41) is 17.1. The lowest BCUT2D eigenvalue weighted by molar-refractivity contribution is 0.324. The van der Waals surface area contributed by atoms with Gasteiger partial charge in [0.1, 0.15) is 22.9 Å². The summed E-state index contributed by atoms with van der Waals surface area (Å²) >= 11 is 0. The maximum Gasteiger partial charge on any atom is 0.152 e. The van der Waals surface area contributed by atoms with Crippen LogP contribution in [0.4, 0.5) is 23.0 Å². The van der Waals surface area contributed by atoms with Crippen molar-refractivity contribution in [1.82, 2.24) is 10.3 Å². The Morgan fingerprint density at radius 1 is 1.19 bits per heavy atom. The van der Waals surface area contributed by atoms with E-state index in [1.165, 1.54) is 0 Å². The molecule has 2 aliphatic heterocycles. The molecule has 3 heterocycles. The smallest absolute Gasteiger partial charge is 0.152 e. The van der Waals surface area contributed by atoms with Crippen LogP contribution in [-0.2, 0) is 24.0 Å². The van der Waals surface area contributed by atoms with Crippen molar-refractivity contribution in [3.63, 3.8) is 0 Å². The average Bonchev–Trinajstić information content (AvgIpc) is 3.32. The summed E-state index contributed by atoms with van der Waals surface area (Å²) < 4.78 is 14.1. The van der Waals surface area contributed by atoms with E-state index in [1.807, 2.05) is 23.4 Å². The average molecular weight is 524 g/mol. The minimum absolute atomic E-state index is 0.257. The lowest BCUT2D eigenvalue weighted by Gasteiger charge is -2.35. The number of piperidine rings is 1. The normalized spacial score (nSPS) is 18.7. The number of nitrogens with two attached hydrogens (primary N) is 1. The Morgan fingerprint density at radius 2 is 1.89 bits per heavy atom. The Hall–Kier alpha value is -2.83. The zero-order valence-electron chi connectivity index (χ0n) is 22.6. The third kappa shape index (κ3) is 6.55. The predicted octanol–water partition coefficient (Wildman–Crippen LogP) is 4.19. The predicted molar refractivity (Wildman–Crippen MR) is 154 cm³/mol. The molecule has 0 spiro atoms. The van der Waals surface area contributed by atoms with E-state index < -0.39 is 11.0 Å². The molecular formula is C28H41N7OS. The van der Waals surface area contributed by atoms with Crippen molar-refractivity contribution in [1.29, 1.82) is 5.26 Å². The van der Waals surface area contributed by atoms with Crippen molar-refractivity contribution in [2.24, 2.45) is 5.41 Å². The largest absolute Gasteiger partial charge is 0.395 e. The number of rotatable bonds is 8. The summed E-state index contributed by atoms with van der Waals surface area (Å²) in [4.78, 5) is 7.13. The molecule has 2 saturated heterocycles. The van der Waals surface area contributed by atoms with Gasteiger partial charge in [-0.25, -0.2) is 9.19 Å². The number of hydrogen-bond donors (Lipinski definition) is 3. The molecular weight excluding hydrogens is 482 g/mol. The van der Waals surface area contributed by atoms with E-state index in [1.54, 1.807) is 0 Å². The highest BCUT2D eigenvalue weighted by atomic mass is 32.2. The first-order valence-corrected chi connectivity index (χ1v) is 14.7. The van der Waals surface area contributed by atoms with Gasteiger partial charge in [-0.05, 0) is 48.8 Å². The second-order valence-corrected chi connectivity index (χ2v) is 12.7. The minimum atomic E-state index is -0.919. The highest BCUT2D eigenvalue weighted by molar-refractivity contribution is 7.86. The van der Waals surface area contributed by atoms with Gasteiger partial charge in [0.25, 0.3) is 0 Å². The Morgan fingerprint density at radius 3 is 2.46 bits per heavy atom. The monoisotopic (exact) mass is 523 g/mol. The topological polar surface area (TPSA) is 110 Å². The van der Waals surface area contributed by atoms with Crippen molar-refractivity contribution in [3.8, 4) is 6.07 Å². The molecule has 2 fully saturated rings. The van der Waals surface area contributed by atoms with Crippen LogP contribution in [0.2, 0.25) is 0 Å². The lowest BCUT2D eigenvalue weighted by Crippen LogP contribution is -2.45. The van der Waals surface area contributed by atoms with Crippen LogP contribution >= 0.6 is 0 Å². The van der Waals surface area contributed by atoms with Crippen LogP contribution in [0.1, 0.15) is 63.6 Å². The van der Waals surface area contributed by atoms with Gasteiger partial charge in [0.05, 0.1) is 11.3 Å². The number of nitrogen functional groups attached to an aromatic ring is 1. The molecule has 4 N–H and O–H groups in total. The summed E-state index contributed by atoms with van der Waals surface area (Å²) in [6, 6.07) is 11.0. The van der Waals surface area contributed by atoms with Crippen LogP contribution < -0.4 is 25.6 Å². The van der Waals surface area contributed by atoms with Gasteiger partial charge < -0.3 is 21.3 Å². The molecule has 1 aromatic carbocycles. The number of nitrogens with zero attached hydrogens (tertiary/aromatic N) is 4.